The van der Waals surface area contributed by atoms with E-state index in [1.54, 1.807) is 11.3 Å². The summed E-state index contributed by atoms with van der Waals surface area (Å²) in [6, 6.07) is 0. The molecule has 2 N–H and O–H groups in total. The second kappa shape index (κ2) is 4.13. The van der Waals surface area contributed by atoms with Gasteiger partial charge in [-0.1, -0.05) is 0 Å². The van der Waals surface area contributed by atoms with Crippen LogP contribution in [-0.4, -0.2) is 35.4 Å². The summed E-state index contributed by atoms with van der Waals surface area (Å²) in [4.78, 5) is 22.3. The molecule has 1 fully saturated rings. The fourth-order valence-corrected chi connectivity index (χ4v) is 3.42. The van der Waals surface area contributed by atoms with Gasteiger partial charge in [-0.15, -0.1) is 11.3 Å². The quantitative estimate of drug-likeness (QED) is 0.787. The molecule has 0 aromatic carbocycles. The molecule has 0 saturated carbocycles. The smallest absolute Gasteiger partial charge is 0.253 e. The van der Waals surface area contributed by atoms with E-state index in [0.717, 1.165) is 41.5 Å². The monoisotopic (exact) mass is 264 g/mol. The first-order valence-electron chi connectivity index (χ1n) is 6.17. The average molecular weight is 264 g/mol. The van der Waals surface area contributed by atoms with Crippen LogP contribution in [0.4, 0.5) is 0 Å². The Hall–Kier alpha value is -1.27. The van der Waals surface area contributed by atoms with Gasteiger partial charge in [0.1, 0.15) is 11.4 Å². The van der Waals surface area contributed by atoms with Gasteiger partial charge in [0.2, 0.25) is 0 Å². The number of nitrogens with zero attached hydrogens (tertiary/aromatic N) is 2. The van der Waals surface area contributed by atoms with Gasteiger partial charge < -0.3 is 10.6 Å². The molecular weight excluding hydrogens is 248 g/mol. The van der Waals surface area contributed by atoms with Crippen LogP contribution < -0.4 is 10.6 Å². The molecule has 5 nitrogen and oxygen atoms in total. The first-order valence-corrected chi connectivity index (χ1v) is 6.99. The first kappa shape index (κ1) is 11.8. The third-order valence-electron chi connectivity index (χ3n) is 3.53. The molecule has 1 aromatic rings. The zero-order valence-corrected chi connectivity index (χ0v) is 11.4. The van der Waals surface area contributed by atoms with E-state index >= 15 is 0 Å². The molecule has 0 unspecified atom stereocenters. The van der Waals surface area contributed by atoms with Crippen LogP contribution in [0.25, 0.3) is 0 Å². The zero-order valence-electron chi connectivity index (χ0n) is 10.5. The van der Waals surface area contributed by atoms with Crippen LogP contribution in [0, 0.1) is 13.8 Å². The highest BCUT2D eigenvalue weighted by molar-refractivity contribution is 7.13. The molecule has 96 valence electrons. The molecular formula is C12H16N4OS. The minimum absolute atomic E-state index is 0.0458. The Labute approximate surface area is 110 Å². The van der Waals surface area contributed by atoms with Crippen molar-refractivity contribution < 1.29 is 4.79 Å². The molecule has 1 spiro atoms. The minimum Gasteiger partial charge on any atom is -0.317 e. The number of piperidine rings is 1. The summed E-state index contributed by atoms with van der Waals surface area (Å²) in [6.07, 6.45) is 1.55. The number of thiazole rings is 1. The summed E-state index contributed by atoms with van der Waals surface area (Å²) in [5.74, 6) is 0.759. The Kier molecular flexibility index (Phi) is 2.71. The number of rotatable bonds is 1. The van der Waals surface area contributed by atoms with Crippen molar-refractivity contribution in [3.05, 3.63) is 15.6 Å². The lowest BCUT2D eigenvalue weighted by Crippen LogP contribution is -2.47. The molecule has 3 rings (SSSR count). The summed E-state index contributed by atoms with van der Waals surface area (Å²) >= 11 is 1.59. The summed E-state index contributed by atoms with van der Waals surface area (Å²) in [5.41, 5.74) is 0.410. The number of amides is 1. The predicted octanol–water partition coefficient (Wildman–Crippen LogP) is 0.759. The summed E-state index contributed by atoms with van der Waals surface area (Å²) in [6.45, 7) is 5.63. The van der Waals surface area contributed by atoms with Crippen LogP contribution in [0.3, 0.4) is 0 Å². The lowest BCUT2D eigenvalue weighted by Gasteiger charge is -2.27. The maximum absolute atomic E-state index is 12.2. The van der Waals surface area contributed by atoms with E-state index in [9.17, 15) is 4.79 Å². The van der Waals surface area contributed by atoms with E-state index in [2.05, 4.69) is 15.6 Å². The molecule has 0 atom stereocenters. The van der Waals surface area contributed by atoms with Gasteiger partial charge in [0, 0.05) is 0 Å². The Morgan fingerprint density at radius 1 is 1.28 bits per heavy atom. The maximum Gasteiger partial charge on any atom is 0.253 e. The number of aromatic nitrogens is 1. The van der Waals surface area contributed by atoms with E-state index in [1.807, 2.05) is 13.8 Å². The van der Waals surface area contributed by atoms with Crippen molar-refractivity contribution in [2.24, 2.45) is 4.99 Å². The second-order valence-electron chi connectivity index (χ2n) is 4.84. The van der Waals surface area contributed by atoms with Crippen molar-refractivity contribution in [1.29, 1.82) is 0 Å². The van der Waals surface area contributed by atoms with Gasteiger partial charge in [0.15, 0.2) is 0 Å². The van der Waals surface area contributed by atoms with Crippen molar-refractivity contribution in [2.75, 3.05) is 13.1 Å². The summed E-state index contributed by atoms with van der Waals surface area (Å²) in [7, 11) is 0. The molecule has 18 heavy (non-hydrogen) atoms. The van der Waals surface area contributed by atoms with Gasteiger partial charge in [0.05, 0.1) is 15.6 Å². The number of carbonyl (C=O) groups is 1. The fraction of sp³-hybridized carbons (Fsp3) is 0.583. The van der Waals surface area contributed by atoms with Crippen molar-refractivity contribution in [3.8, 4) is 0 Å². The first-order chi connectivity index (χ1) is 8.61. The fourth-order valence-electron chi connectivity index (χ4n) is 2.55. The Morgan fingerprint density at radius 3 is 2.61 bits per heavy atom. The number of carbonyl (C=O) groups excluding carboxylic acids is 1. The third-order valence-corrected chi connectivity index (χ3v) is 4.61. The van der Waals surface area contributed by atoms with E-state index in [1.165, 1.54) is 0 Å². The van der Waals surface area contributed by atoms with Gasteiger partial charge in [-0.05, 0) is 39.8 Å². The van der Waals surface area contributed by atoms with E-state index in [-0.39, 0.29) is 5.91 Å². The highest BCUT2D eigenvalue weighted by Crippen LogP contribution is 2.30. The molecule has 2 aliphatic heterocycles. The van der Waals surface area contributed by atoms with Crippen LogP contribution in [0.2, 0.25) is 0 Å². The SMILES string of the molecule is Cc1nc(C)c(C2=NC3(CCNCC3)C(=O)N2)s1. The standard InChI is InChI=1S/C12H16N4OS/c1-7-9(18-8(2)14-7)10-15-11(17)12(16-10)3-5-13-6-4-12/h13H,3-6H2,1-2H3,(H,15,16,17). The minimum atomic E-state index is -0.537. The number of hydrogen-bond acceptors (Lipinski definition) is 5. The van der Waals surface area contributed by atoms with Crippen LogP contribution in [0.1, 0.15) is 28.4 Å². The molecule has 6 heteroatoms. The lowest BCUT2D eigenvalue weighted by molar-refractivity contribution is -0.124. The van der Waals surface area contributed by atoms with E-state index < -0.39 is 5.54 Å². The lowest BCUT2D eigenvalue weighted by atomic mass is 9.89. The molecule has 0 aliphatic carbocycles. The maximum atomic E-state index is 12.2. The third kappa shape index (κ3) is 1.76. The normalized spacial score (nSPS) is 22.1. The second-order valence-corrected chi connectivity index (χ2v) is 6.05. The molecule has 0 bridgehead atoms. The van der Waals surface area contributed by atoms with Crippen molar-refractivity contribution in [3.63, 3.8) is 0 Å². The van der Waals surface area contributed by atoms with Crippen molar-refractivity contribution in [1.82, 2.24) is 15.6 Å². The zero-order chi connectivity index (χ0) is 12.8. The Balaban J connectivity index is 1.97. The predicted molar refractivity (Wildman–Crippen MR) is 71.1 cm³/mol. The number of aryl methyl sites for hydroxylation is 2. The molecule has 1 aromatic heterocycles. The van der Waals surface area contributed by atoms with Crippen LogP contribution >= 0.6 is 11.3 Å². The Bertz CT molecular complexity index is 528. The van der Waals surface area contributed by atoms with E-state index in [4.69, 9.17) is 4.99 Å². The number of aliphatic imine (C=N–C) groups is 1. The van der Waals surface area contributed by atoms with Crippen LogP contribution in [-0.2, 0) is 4.79 Å². The highest BCUT2D eigenvalue weighted by Gasteiger charge is 2.44. The molecule has 0 radical (unpaired) electrons. The molecule has 1 amide bonds. The number of nitrogens with one attached hydrogen (secondary N) is 2. The van der Waals surface area contributed by atoms with E-state index in [0.29, 0.717) is 5.84 Å². The van der Waals surface area contributed by atoms with Gasteiger partial charge in [-0.2, -0.15) is 0 Å². The summed E-state index contributed by atoms with van der Waals surface area (Å²) in [5, 5.41) is 7.21. The number of amidine groups is 1. The highest BCUT2D eigenvalue weighted by atomic mass is 32.1. The van der Waals surface area contributed by atoms with Crippen molar-refractivity contribution >= 4 is 23.1 Å². The summed E-state index contributed by atoms with van der Waals surface area (Å²) < 4.78 is 0. The van der Waals surface area contributed by atoms with Crippen LogP contribution in [0.15, 0.2) is 4.99 Å². The van der Waals surface area contributed by atoms with Gasteiger partial charge in [0.25, 0.3) is 5.91 Å². The van der Waals surface area contributed by atoms with Crippen molar-refractivity contribution in [2.45, 2.75) is 32.2 Å². The largest absolute Gasteiger partial charge is 0.317 e. The van der Waals surface area contributed by atoms with Gasteiger partial charge >= 0.3 is 0 Å². The molecule has 1 saturated heterocycles. The topological polar surface area (TPSA) is 66.4 Å². The molecule has 2 aliphatic rings. The van der Waals surface area contributed by atoms with Gasteiger partial charge in [-0.25, -0.2) is 4.98 Å². The average Bonchev–Trinajstić information content (AvgIpc) is 2.82. The number of hydrogen-bond donors (Lipinski definition) is 2. The van der Waals surface area contributed by atoms with Crippen LogP contribution in [0.5, 0.6) is 0 Å². The molecule has 3 heterocycles. The Morgan fingerprint density at radius 2 is 2.00 bits per heavy atom. The van der Waals surface area contributed by atoms with Gasteiger partial charge in [-0.3, -0.25) is 9.79 Å².